The Kier molecular flexibility index (Phi) is 4.99. The first kappa shape index (κ1) is 21.4. The molecule has 0 saturated heterocycles. The van der Waals surface area contributed by atoms with Gasteiger partial charge in [-0.3, -0.25) is 24.8 Å². The summed E-state index contributed by atoms with van der Waals surface area (Å²) in [5.41, 5.74) is 8.35. The smallest absolute Gasteiger partial charge is 0.227 e. The number of pyridine rings is 4. The summed E-state index contributed by atoms with van der Waals surface area (Å²) in [5, 5.41) is 11.7. The number of anilines is 1. The lowest BCUT2D eigenvalue weighted by Gasteiger charge is -2.24. The van der Waals surface area contributed by atoms with E-state index in [1.807, 2.05) is 42.7 Å². The summed E-state index contributed by atoms with van der Waals surface area (Å²) in [6.07, 6.45) is 13.7. The summed E-state index contributed by atoms with van der Waals surface area (Å²) in [5.74, 6) is 0.169. The number of amides is 1. The third-order valence-corrected chi connectivity index (χ3v) is 6.98. The molecule has 0 atom stereocenters. The molecule has 1 aliphatic carbocycles. The van der Waals surface area contributed by atoms with Crippen LogP contribution in [-0.4, -0.2) is 41.0 Å². The second-order valence-electron chi connectivity index (χ2n) is 9.31. The molecule has 6 aromatic rings. The average Bonchev–Trinajstić information content (AvgIpc) is 3.52. The fraction of sp³-hybridized carbons (Fsp3) is 0.143. The van der Waals surface area contributed by atoms with Gasteiger partial charge in [0.2, 0.25) is 5.91 Å². The molecular formula is C28H22N8O. The zero-order chi connectivity index (χ0) is 24.8. The molecular weight excluding hydrogens is 464 g/mol. The lowest BCUT2D eigenvalue weighted by molar-refractivity contribution is -0.122. The van der Waals surface area contributed by atoms with Crippen molar-refractivity contribution in [3.05, 3.63) is 73.6 Å². The number of carbonyl (C=O) groups is 1. The quantitative estimate of drug-likeness (QED) is 0.301. The van der Waals surface area contributed by atoms with Crippen molar-refractivity contribution in [2.75, 3.05) is 5.32 Å². The summed E-state index contributed by atoms with van der Waals surface area (Å²) in [6.45, 7) is 0. The number of aromatic nitrogens is 7. The number of hydrogen-bond donors (Lipinski definition) is 3. The minimum Gasteiger partial charge on any atom is -0.352 e. The maximum atomic E-state index is 12.4. The van der Waals surface area contributed by atoms with Crippen molar-refractivity contribution < 1.29 is 4.79 Å². The van der Waals surface area contributed by atoms with Gasteiger partial charge in [-0.05, 0) is 54.8 Å². The summed E-state index contributed by atoms with van der Waals surface area (Å²) in [7, 11) is 0. The highest BCUT2D eigenvalue weighted by molar-refractivity contribution is 6.00. The lowest BCUT2D eigenvalue weighted by atomic mass is 9.85. The van der Waals surface area contributed by atoms with Gasteiger partial charge in [-0.25, -0.2) is 4.98 Å². The molecule has 3 N–H and O–H groups in total. The van der Waals surface area contributed by atoms with Crippen LogP contribution in [-0.2, 0) is 4.79 Å². The van der Waals surface area contributed by atoms with Crippen molar-refractivity contribution in [3.63, 3.8) is 0 Å². The van der Waals surface area contributed by atoms with Crippen LogP contribution in [0.5, 0.6) is 0 Å². The maximum Gasteiger partial charge on any atom is 0.227 e. The largest absolute Gasteiger partial charge is 0.352 e. The van der Waals surface area contributed by atoms with Crippen molar-refractivity contribution in [1.82, 2.24) is 35.1 Å². The molecule has 0 unspecified atom stereocenters. The minimum atomic E-state index is 0.0603. The Balaban J connectivity index is 1.26. The van der Waals surface area contributed by atoms with Crippen molar-refractivity contribution >= 4 is 33.5 Å². The number of hydrogen-bond acceptors (Lipinski definition) is 6. The molecule has 9 heteroatoms. The predicted molar refractivity (Wildman–Crippen MR) is 141 cm³/mol. The van der Waals surface area contributed by atoms with E-state index in [9.17, 15) is 4.79 Å². The van der Waals surface area contributed by atoms with Gasteiger partial charge in [0.15, 0.2) is 0 Å². The number of nitrogens with one attached hydrogen (secondary N) is 3. The third-order valence-electron chi connectivity index (χ3n) is 6.98. The van der Waals surface area contributed by atoms with Gasteiger partial charge < -0.3 is 10.3 Å². The molecule has 6 aromatic heterocycles. The zero-order valence-corrected chi connectivity index (χ0v) is 19.8. The Morgan fingerprint density at radius 3 is 2.59 bits per heavy atom. The highest BCUT2D eigenvalue weighted by Crippen LogP contribution is 2.34. The molecule has 0 bridgehead atoms. The molecule has 0 aromatic carbocycles. The molecule has 0 radical (unpaired) electrons. The Labute approximate surface area is 211 Å². The van der Waals surface area contributed by atoms with Crippen LogP contribution >= 0.6 is 0 Å². The molecule has 0 aliphatic heterocycles. The Morgan fingerprint density at radius 1 is 0.892 bits per heavy atom. The van der Waals surface area contributed by atoms with E-state index < -0.39 is 0 Å². The van der Waals surface area contributed by atoms with E-state index in [2.05, 4.69) is 41.5 Å². The van der Waals surface area contributed by atoms with Crippen molar-refractivity contribution in [2.24, 2.45) is 5.92 Å². The molecule has 1 aliphatic rings. The normalized spacial score (nSPS) is 13.6. The van der Waals surface area contributed by atoms with E-state index in [1.54, 1.807) is 24.8 Å². The lowest BCUT2D eigenvalue weighted by Crippen LogP contribution is -2.28. The Hall–Kier alpha value is -4.92. The topological polar surface area (TPSA) is 125 Å². The van der Waals surface area contributed by atoms with Crippen LogP contribution in [0.25, 0.3) is 55.7 Å². The zero-order valence-electron chi connectivity index (χ0n) is 19.8. The van der Waals surface area contributed by atoms with Gasteiger partial charge in [-0.2, -0.15) is 5.10 Å². The second kappa shape index (κ2) is 8.63. The highest BCUT2D eigenvalue weighted by atomic mass is 16.1. The molecule has 9 nitrogen and oxygen atoms in total. The van der Waals surface area contributed by atoms with Gasteiger partial charge in [0.25, 0.3) is 0 Å². The van der Waals surface area contributed by atoms with E-state index in [4.69, 9.17) is 4.98 Å². The fourth-order valence-corrected chi connectivity index (χ4v) is 4.75. The Morgan fingerprint density at radius 2 is 1.76 bits per heavy atom. The highest BCUT2D eigenvalue weighted by Gasteiger charge is 2.25. The number of nitrogens with zero attached hydrogens (tertiary/aromatic N) is 5. The molecule has 0 spiro atoms. The van der Waals surface area contributed by atoms with E-state index in [-0.39, 0.29) is 11.8 Å². The van der Waals surface area contributed by atoms with Crippen LogP contribution in [0.4, 0.5) is 5.69 Å². The van der Waals surface area contributed by atoms with E-state index in [1.165, 1.54) is 0 Å². The van der Waals surface area contributed by atoms with E-state index in [0.717, 1.165) is 75.0 Å². The summed E-state index contributed by atoms with van der Waals surface area (Å²) in [4.78, 5) is 33.6. The molecule has 37 heavy (non-hydrogen) atoms. The van der Waals surface area contributed by atoms with Crippen LogP contribution in [0.2, 0.25) is 0 Å². The predicted octanol–water partition coefficient (Wildman–Crippen LogP) is 5.36. The monoisotopic (exact) mass is 486 g/mol. The van der Waals surface area contributed by atoms with Gasteiger partial charge in [0.05, 0.1) is 40.5 Å². The molecule has 1 saturated carbocycles. The van der Waals surface area contributed by atoms with Gasteiger partial charge in [-0.1, -0.05) is 6.42 Å². The van der Waals surface area contributed by atoms with Crippen molar-refractivity contribution in [3.8, 4) is 33.8 Å². The Bertz CT molecular complexity index is 1770. The van der Waals surface area contributed by atoms with Gasteiger partial charge in [0, 0.05) is 47.2 Å². The first-order chi connectivity index (χ1) is 18.2. The van der Waals surface area contributed by atoms with E-state index >= 15 is 0 Å². The van der Waals surface area contributed by atoms with Crippen molar-refractivity contribution in [2.45, 2.75) is 19.3 Å². The second-order valence-corrected chi connectivity index (χ2v) is 9.31. The fourth-order valence-electron chi connectivity index (χ4n) is 4.75. The summed E-state index contributed by atoms with van der Waals surface area (Å²) in [6, 6.07) is 11.8. The van der Waals surface area contributed by atoms with Crippen LogP contribution in [0, 0.1) is 5.92 Å². The number of carbonyl (C=O) groups excluding carboxylic acids is 1. The van der Waals surface area contributed by atoms with Crippen LogP contribution in [0.3, 0.4) is 0 Å². The number of aromatic amines is 2. The SMILES string of the molecule is O=C(Nc1cncc(-c2ccc3[nH]nc(-c4cc5c(-c6ccncc6)cncc5[nH]4)c3n2)c1)C1CCC1. The number of H-pyrrole nitrogens is 2. The number of rotatable bonds is 5. The molecule has 7 rings (SSSR count). The van der Waals surface area contributed by atoms with Crippen molar-refractivity contribution in [1.29, 1.82) is 0 Å². The molecule has 1 amide bonds. The molecule has 1 fully saturated rings. The van der Waals surface area contributed by atoms with E-state index in [0.29, 0.717) is 5.69 Å². The average molecular weight is 487 g/mol. The van der Waals surface area contributed by atoms with Gasteiger partial charge >= 0.3 is 0 Å². The molecule has 180 valence electrons. The van der Waals surface area contributed by atoms with Gasteiger partial charge in [0.1, 0.15) is 11.2 Å². The first-order valence-corrected chi connectivity index (χ1v) is 12.2. The van der Waals surface area contributed by atoms with Crippen LogP contribution < -0.4 is 5.32 Å². The first-order valence-electron chi connectivity index (χ1n) is 12.2. The standard InChI is InChI=1S/C28H22N8O/c37-28(17-2-1-3-17)32-19-10-18(12-30-13-19)22-4-5-23-26(34-22)27(36-35-23)24-11-20-21(14-31-15-25(20)33-24)16-6-8-29-9-7-16/h4-15,17,33H,1-3H2,(H,32,37)(H,35,36). The summed E-state index contributed by atoms with van der Waals surface area (Å²) >= 11 is 0. The molecule has 6 heterocycles. The number of fused-ring (bicyclic) bond motifs is 2. The van der Waals surface area contributed by atoms with Gasteiger partial charge in [-0.15, -0.1) is 0 Å². The van der Waals surface area contributed by atoms with Crippen LogP contribution in [0.15, 0.2) is 73.6 Å². The van der Waals surface area contributed by atoms with Crippen LogP contribution in [0.1, 0.15) is 19.3 Å². The third kappa shape index (κ3) is 3.81. The maximum absolute atomic E-state index is 12.4. The minimum absolute atomic E-state index is 0.0603. The summed E-state index contributed by atoms with van der Waals surface area (Å²) < 4.78 is 0.